The summed E-state index contributed by atoms with van der Waals surface area (Å²) in [5, 5.41) is 6.73. The Morgan fingerprint density at radius 1 is 0.967 bits per heavy atom. The smallest absolute Gasteiger partial charge is 0.191 e. The highest BCUT2D eigenvalue weighted by atomic mass is 32.2. The molecule has 2 aliphatic heterocycles. The van der Waals surface area contributed by atoms with Gasteiger partial charge in [-0.1, -0.05) is 25.7 Å². The molecule has 0 amide bonds. The molecule has 7 nitrogen and oxygen atoms in total. The van der Waals surface area contributed by atoms with Gasteiger partial charge in [0.1, 0.15) is 0 Å². The zero-order valence-electron chi connectivity index (χ0n) is 19.0. The molecule has 0 atom stereocenters. The summed E-state index contributed by atoms with van der Waals surface area (Å²) in [4.78, 5) is 7.72. The number of rotatable bonds is 7. The molecule has 0 aromatic carbocycles. The van der Waals surface area contributed by atoms with Gasteiger partial charge in [0.25, 0.3) is 0 Å². The van der Waals surface area contributed by atoms with E-state index in [0.717, 1.165) is 19.0 Å². The SMILES string of the molecule is CCNC(=NCC1(N2CCCCC2)CCCCC1)NCC1(S(C)(=O)=O)CCOCC1. The van der Waals surface area contributed by atoms with Crippen LogP contribution in [-0.2, 0) is 14.6 Å². The van der Waals surface area contributed by atoms with E-state index >= 15 is 0 Å². The average Bonchev–Trinajstić information content (AvgIpc) is 2.77. The summed E-state index contributed by atoms with van der Waals surface area (Å²) in [6.45, 7) is 7.37. The van der Waals surface area contributed by atoms with Crippen molar-refractivity contribution in [2.75, 3.05) is 52.2 Å². The van der Waals surface area contributed by atoms with Crippen LogP contribution in [0, 0.1) is 0 Å². The predicted molar refractivity (Wildman–Crippen MR) is 123 cm³/mol. The first-order valence-corrected chi connectivity index (χ1v) is 13.8. The highest BCUT2D eigenvalue weighted by molar-refractivity contribution is 7.92. The number of piperidine rings is 1. The van der Waals surface area contributed by atoms with Crippen LogP contribution in [0.4, 0.5) is 0 Å². The van der Waals surface area contributed by atoms with Crippen LogP contribution in [-0.4, -0.2) is 81.8 Å². The maximum atomic E-state index is 12.6. The Morgan fingerprint density at radius 3 is 2.20 bits per heavy atom. The monoisotopic (exact) mass is 442 g/mol. The zero-order chi connectivity index (χ0) is 21.5. The molecule has 3 fully saturated rings. The first kappa shape index (κ1) is 23.8. The summed E-state index contributed by atoms with van der Waals surface area (Å²) >= 11 is 0. The normalized spacial score (nSPS) is 25.6. The second-order valence-electron chi connectivity index (χ2n) is 9.45. The van der Waals surface area contributed by atoms with Crippen LogP contribution in [0.3, 0.4) is 0 Å². The van der Waals surface area contributed by atoms with Gasteiger partial charge in [0.05, 0.1) is 11.3 Å². The molecule has 2 saturated heterocycles. The predicted octanol–water partition coefficient (Wildman–Crippen LogP) is 2.32. The fourth-order valence-electron chi connectivity index (χ4n) is 5.39. The second kappa shape index (κ2) is 10.6. The first-order valence-electron chi connectivity index (χ1n) is 12.0. The Bertz CT molecular complexity index is 662. The number of nitrogens with zero attached hydrogens (tertiary/aromatic N) is 2. The van der Waals surface area contributed by atoms with E-state index in [2.05, 4.69) is 22.5 Å². The number of guanidine groups is 1. The average molecular weight is 443 g/mol. The van der Waals surface area contributed by atoms with Gasteiger partial charge in [-0.3, -0.25) is 9.89 Å². The highest BCUT2D eigenvalue weighted by Crippen LogP contribution is 2.36. The third-order valence-corrected chi connectivity index (χ3v) is 9.58. The fraction of sp³-hybridized carbons (Fsp3) is 0.955. The van der Waals surface area contributed by atoms with Crippen molar-refractivity contribution in [1.82, 2.24) is 15.5 Å². The van der Waals surface area contributed by atoms with Gasteiger partial charge >= 0.3 is 0 Å². The summed E-state index contributed by atoms with van der Waals surface area (Å²) < 4.78 is 29.8. The van der Waals surface area contributed by atoms with E-state index in [1.54, 1.807) is 0 Å². The van der Waals surface area contributed by atoms with Gasteiger partial charge in [0.15, 0.2) is 15.8 Å². The molecule has 8 heteroatoms. The van der Waals surface area contributed by atoms with E-state index in [-0.39, 0.29) is 5.54 Å². The third kappa shape index (κ3) is 5.68. The van der Waals surface area contributed by atoms with E-state index in [0.29, 0.717) is 32.6 Å². The molecule has 0 unspecified atom stereocenters. The fourth-order valence-corrected chi connectivity index (χ4v) is 6.63. The molecule has 0 bridgehead atoms. The molecule has 0 radical (unpaired) electrons. The van der Waals surface area contributed by atoms with Crippen LogP contribution >= 0.6 is 0 Å². The topological polar surface area (TPSA) is 83.0 Å². The zero-order valence-corrected chi connectivity index (χ0v) is 19.9. The van der Waals surface area contributed by atoms with Gasteiger partial charge in [0, 0.05) is 38.1 Å². The summed E-state index contributed by atoms with van der Waals surface area (Å²) in [6.07, 6.45) is 12.7. The number of aliphatic imine (C=N–C) groups is 1. The minimum absolute atomic E-state index is 0.175. The van der Waals surface area contributed by atoms with Crippen LogP contribution in [0.2, 0.25) is 0 Å². The molecule has 3 aliphatic rings. The van der Waals surface area contributed by atoms with Crippen LogP contribution in [0.5, 0.6) is 0 Å². The number of likely N-dealkylation sites (tertiary alicyclic amines) is 1. The maximum absolute atomic E-state index is 12.6. The summed E-state index contributed by atoms with van der Waals surface area (Å²) in [6, 6.07) is 0. The summed E-state index contributed by atoms with van der Waals surface area (Å²) in [7, 11) is -3.20. The Balaban J connectivity index is 1.72. The lowest BCUT2D eigenvalue weighted by Gasteiger charge is -2.47. The number of hydrogen-bond donors (Lipinski definition) is 2. The Hall–Kier alpha value is -0.860. The quantitative estimate of drug-likeness (QED) is 0.465. The first-order chi connectivity index (χ1) is 14.4. The Morgan fingerprint density at radius 2 is 1.60 bits per heavy atom. The number of hydrogen-bond acceptors (Lipinski definition) is 5. The molecule has 2 heterocycles. The lowest BCUT2D eigenvalue weighted by molar-refractivity contribution is 0.0407. The van der Waals surface area contributed by atoms with Crippen LogP contribution in [0.15, 0.2) is 4.99 Å². The van der Waals surface area contributed by atoms with E-state index in [9.17, 15) is 8.42 Å². The van der Waals surface area contributed by atoms with Gasteiger partial charge in [0.2, 0.25) is 0 Å². The van der Waals surface area contributed by atoms with E-state index in [1.807, 2.05) is 0 Å². The van der Waals surface area contributed by atoms with Crippen molar-refractivity contribution >= 4 is 15.8 Å². The Labute approximate surface area is 183 Å². The minimum atomic E-state index is -3.20. The molecule has 0 aromatic rings. The summed E-state index contributed by atoms with van der Waals surface area (Å²) in [5.74, 6) is 0.744. The molecular weight excluding hydrogens is 400 g/mol. The van der Waals surface area contributed by atoms with Gasteiger partial charge in [-0.15, -0.1) is 0 Å². The van der Waals surface area contributed by atoms with Crippen molar-refractivity contribution in [3.8, 4) is 0 Å². The van der Waals surface area contributed by atoms with Gasteiger partial charge in [-0.2, -0.15) is 0 Å². The van der Waals surface area contributed by atoms with E-state index in [1.165, 1.54) is 70.7 Å². The number of nitrogens with one attached hydrogen (secondary N) is 2. The van der Waals surface area contributed by atoms with E-state index < -0.39 is 14.6 Å². The van der Waals surface area contributed by atoms with Gasteiger partial charge in [-0.25, -0.2) is 8.42 Å². The molecule has 3 rings (SSSR count). The van der Waals surface area contributed by atoms with Crippen molar-refractivity contribution in [2.24, 2.45) is 4.99 Å². The Kier molecular flexibility index (Phi) is 8.44. The molecule has 30 heavy (non-hydrogen) atoms. The van der Waals surface area contributed by atoms with Crippen molar-refractivity contribution in [1.29, 1.82) is 0 Å². The second-order valence-corrected chi connectivity index (χ2v) is 11.9. The molecule has 1 saturated carbocycles. The van der Waals surface area contributed by atoms with Gasteiger partial charge in [-0.05, 0) is 58.5 Å². The molecule has 0 aromatic heterocycles. The standard InChI is InChI=1S/C22H42N4O3S/c1-3-23-20(25-19-22(30(2,27)28)12-16-29-17-13-22)24-18-21(10-6-4-7-11-21)26-14-8-5-9-15-26/h3-19H2,1-2H3,(H2,23,24,25). The van der Waals surface area contributed by atoms with Crippen molar-refractivity contribution in [2.45, 2.75) is 81.4 Å². The number of sulfone groups is 1. The van der Waals surface area contributed by atoms with Crippen molar-refractivity contribution < 1.29 is 13.2 Å². The molecule has 0 spiro atoms. The largest absolute Gasteiger partial charge is 0.381 e. The molecule has 2 N–H and O–H groups in total. The van der Waals surface area contributed by atoms with Gasteiger partial charge < -0.3 is 15.4 Å². The van der Waals surface area contributed by atoms with Crippen molar-refractivity contribution in [3.63, 3.8) is 0 Å². The molecule has 174 valence electrons. The third-order valence-electron chi connectivity index (χ3n) is 7.46. The number of ether oxygens (including phenoxy) is 1. The maximum Gasteiger partial charge on any atom is 0.191 e. The summed E-state index contributed by atoms with van der Waals surface area (Å²) in [5.41, 5.74) is 0.175. The van der Waals surface area contributed by atoms with Crippen molar-refractivity contribution in [3.05, 3.63) is 0 Å². The lowest BCUT2D eigenvalue weighted by Crippen LogP contribution is -2.56. The van der Waals surface area contributed by atoms with Crippen LogP contribution in [0.25, 0.3) is 0 Å². The molecular formula is C22H42N4O3S. The minimum Gasteiger partial charge on any atom is -0.381 e. The molecule has 1 aliphatic carbocycles. The lowest BCUT2D eigenvalue weighted by atomic mass is 9.79. The van der Waals surface area contributed by atoms with Crippen LogP contribution < -0.4 is 10.6 Å². The van der Waals surface area contributed by atoms with Crippen LogP contribution in [0.1, 0.15) is 71.1 Å². The van der Waals surface area contributed by atoms with E-state index in [4.69, 9.17) is 9.73 Å². The highest BCUT2D eigenvalue weighted by Gasteiger charge is 2.42.